The molecule has 1 unspecified atom stereocenters. The van der Waals surface area contributed by atoms with Gasteiger partial charge in [-0.15, -0.1) is 0 Å². The second kappa shape index (κ2) is 10.4. The van der Waals surface area contributed by atoms with Crippen molar-refractivity contribution in [1.29, 1.82) is 0 Å². The topological polar surface area (TPSA) is 104 Å². The van der Waals surface area contributed by atoms with Crippen molar-refractivity contribution in [3.05, 3.63) is 65.4 Å². The zero-order chi connectivity index (χ0) is 25.3. The Morgan fingerprint density at radius 1 is 1.11 bits per heavy atom. The number of anilines is 1. The number of hydrogen-bond acceptors (Lipinski definition) is 6. The first-order valence-electron chi connectivity index (χ1n) is 12.7. The predicted octanol–water partition coefficient (Wildman–Crippen LogP) is 6.15. The molecule has 2 aromatic carbocycles. The molecule has 1 atom stereocenters. The first-order valence-corrected chi connectivity index (χ1v) is 14.6. The minimum Gasteiger partial charge on any atom is -0.493 e. The van der Waals surface area contributed by atoms with Crippen molar-refractivity contribution in [2.24, 2.45) is 5.92 Å². The van der Waals surface area contributed by atoms with Gasteiger partial charge in [0.05, 0.1) is 12.1 Å². The molecule has 8 heteroatoms. The lowest BCUT2D eigenvalue weighted by Gasteiger charge is -2.40. The minimum absolute atomic E-state index is 0.0997. The standard InChI is InChI=1S/C28H35N3O4S/c1-18-26(31-28(32)21-5-8-25(9-6-21)35-17-20-3-4-20)10-7-22-15-23(16-29-27(18)22)19(2)30-24-11-13-36(33,34)14-12-24/h5-10,15-16,19-20,24,30,33-34H,3-4,11-14,17H2,1-2H3,(H,31,32). The largest absolute Gasteiger partial charge is 0.493 e. The molecule has 1 aliphatic heterocycles. The molecular weight excluding hydrogens is 474 g/mol. The van der Waals surface area contributed by atoms with Crippen LogP contribution in [-0.2, 0) is 0 Å². The summed E-state index contributed by atoms with van der Waals surface area (Å²) in [7, 11) is -2.37. The van der Waals surface area contributed by atoms with Crippen molar-refractivity contribution in [3.63, 3.8) is 0 Å². The molecular formula is C28H35N3O4S. The molecule has 2 aliphatic rings. The van der Waals surface area contributed by atoms with Crippen LogP contribution in [0.3, 0.4) is 0 Å². The molecule has 1 saturated carbocycles. The van der Waals surface area contributed by atoms with Gasteiger partial charge in [-0.3, -0.25) is 18.9 Å². The number of hydrogen-bond donors (Lipinski definition) is 4. The minimum atomic E-state index is -2.37. The third kappa shape index (κ3) is 6.00. The Morgan fingerprint density at radius 2 is 1.83 bits per heavy atom. The predicted molar refractivity (Wildman–Crippen MR) is 146 cm³/mol. The van der Waals surface area contributed by atoms with Gasteiger partial charge >= 0.3 is 0 Å². The molecule has 4 N–H and O–H groups in total. The summed E-state index contributed by atoms with van der Waals surface area (Å²) in [5.41, 5.74) is 4.20. The maximum atomic E-state index is 12.9. The summed E-state index contributed by atoms with van der Waals surface area (Å²) in [5.74, 6) is 2.27. The van der Waals surface area contributed by atoms with E-state index in [4.69, 9.17) is 9.72 Å². The Hall–Kier alpha value is -2.65. The summed E-state index contributed by atoms with van der Waals surface area (Å²) in [5, 5.41) is 7.66. The molecule has 0 bridgehead atoms. The van der Waals surface area contributed by atoms with Crippen LogP contribution >= 0.6 is 10.6 Å². The lowest BCUT2D eigenvalue weighted by Crippen LogP contribution is -2.37. The highest BCUT2D eigenvalue weighted by Gasteiger charge is 2.25. The maximum Gasteiger partial charge on any atom is 0.255 e. The van der Waals surface area contributed by atoms with Crippen LogP contribution in [-0.4, -0.2) is 44.2 Å². The second-order valence-corrected chi connectivity index (χ2v) is 12.6. The summed E-state index contributed by atoms with van der Waals surface area (Å²) in [4.78, 5) is 17.6. The highest BCUT2D eigenvalue weighted by molar-refractivity contribution is 8.24. The van der Waals surface area contributed by atoms with Gasteiger partial charge in [-0.05, 0) is 93.0 Å². The zero-order valence-electron chi connectivity index (χ0n) is 20.9. The molecule has 7 nitrogen and oxygen atoms in total. The van der Waals surface area contributed by atoms with Crippen LogP contribution in [0.25, 0.3) is 10.9 Å². The Kier molecular flexibility index (Phi) is 7.21. The Bertz CT molecular complexity index is 1230. The van der Waals surface area contributed by atoms with E-state index in [9.17, 15) is 13.9 Å². The smallest absolute Gasteiger partial charge is 0.255 e. The quantitative estimate of drug-likeness (QED) is 0.290. The van der Waals surface area contributed by atoms with Crippen LogP contribution in [0.4, 0.5) is 5.69 Å². The van der Waals surface area contributed by atoms with Crippen molar-refractivity contribution in [3.8, 4) is 5.75 Å². The third-order valence-electron chi connectivity index (χ3n) is 7.25. The Morgan fingerprint density at radius 3 is 2.53 bits per heavy atom. The SMILES string of the molecule is Cc1c(NC(=O)c2ccc(OCC3CC3)cc2)ccc2cc(C(C)NC3CCS(O)(O)CC3)cnc12. The van der Waals surface area contributed by atoms with Gasteiger partial charge in [0.25, 0.3) is 5.91 Å². The summed E-state index contributed by atoms with van der Waals surface area (Å²) >= 11 is 0. The summed E-state index contributed by atoms with van der Waals surface area (Å²) in [6.07, 6.45) is 5.92. The molecule has 0 radical (unpaired) electrons. The van der Waals surface area contributed by atoms with E-state index in [1.807, 2.05) is 37.4 Å². The number of fused-ring (bicyclic) bond motifs is 1. The van der Waals surface area contributed by atoms with Gasteiger partial charge in [0.15, 0.2) is 0 Å². The molecule has 3 aromatic rings. The van der Waals surface area contributed by atoms with Crippen molar-refractivity contribution >= 4 is 33.1 Å². The Labute approximate surface area is 214 Å². The average Bonchev–Trinajstić information content (AvgIpc) is 3.70. The van der Waals surface area contributed by atoms with Gasteiger partial charge in [0.1, 0.15) is 5.75 Å². The molecule has 36 heavy (non-hydrogen) atoms. The molecule has 2 heterocycles. The van der Waals surface area contributed by atoms with Crippen LogP contribution in [0.2, 0.25) is 0 Å². The van der Waals surface area contributed by atoms with E-state index in [1.54, 1.807) is 12.1 Å². The molecule has 0 spiro atoms. The van der Waals surface area contributed by atoms with Crippen molar-refractivity contribution < 1.29 is 18.6 Å². The van der Waals surface area contributed by atoms with Crippen LogP contribution < -0.4 is 15.4 Å². The van der Waals surface area contributed by atoms with E-state index in [-0.39, 0.29) is 18.0 Å². The number of nitrogens with zero attached hydrogens (tertiary/aromatic N) is 1. The first-order chi connectivity index (χ1) is 17.3. The van der Waals surface area contributed by atoms with Crippen molar-refractivity contribution in [1.82, 2.24) is 10.3 Å². The van der Waals surface area contributed by atoms with Crippen LogP contribution in [0.5, 0.6) is 5.75 Å². The molecule has 5 rings (SSSR count). The summed E-state index contributed by atoms with van der Waals surface area (Å²) in [6.45, 7) is 4.83. The maximum absolute atomic E-state index is 12.9. The van der Waals surface area contributed by atoms with Crippen molar-refractivity contribution in [2.75, 3.05) is 23.4 Å². The number of rotatable bonds is 8. The molecule has 1 saturated heterocycles. The number of nitrogens with one attached hydrogen (secondary N) is 2. The number of benzene rings is 2. The second-order valence-electron chi connectivity index (χ2n) is 10.2. The van der Waals surface area contributed by atoms with Crippen molar-refractivity contribution in [2.45, 2.75) is 51.6 Å². The van der Waals surface area contributed by atoms with E-state index >= 15 is 0 Å². The number of aryl methyl sites for hydroxylation is 1. The summed E-state index contributed by atoms with van der Waals surface area (Å²) < 4.78 is 25.5. The molecule has 2 fully saturated rings. The van der Waals surface area contributed by atoms with Gasteiger partial charge < -0.3 is 15.4 Å². The van der Waals surface area contributed by atoms with Gasteiger partial charge in [0, 0.05) is 46.4 Å². The van der Waals surface area contributed by atoms with Crippen LogP contribution in [0.15, 0.2) is 48.7 Å². The van der Waals surface area contributed by atoms with Gasteiger partial charge in [-0.2, -0.15) is 10.6 Å². The van der Waals surface area contributed by atoms with E-state index < -0.39 is 10.6 Å². The monoisotopic (exact) mass is 509 g/mol. The van der Waals surface area contributed by atoms with Gasteiger partial charge in [-0.25, -0.2) is 0 Å². The first kappa shape index (κ1) is 25.0. The number of aromatic nitrogens is 1. The number of carbonyl (C=O) groups excluding carboxylic acids is 1. The molecule has 1 amide bonds. The lowest BCUT2D eigenvalue weighted by atomic mass is 10.0. The van der Waals surface area contributed by atoms with Crippen LogP contribution in [0, 0.1) is 12.8 Å². The molecule has 1 aliphatic carbocycles. The number of pyridine rings is 1. The van der Waals surface area contributed by atoms with E-state index in [0.717, 1.165) is 52.9 Å². The number of amides is 1. The van der Waals surface area contributed by atoms with E-state index in [1.165, 1.54) is 12.8 Å². The fraction of sp³-hybridized carbons (Fsp3) is 0.429. The highest BCUT2D eigenvalue weighted by Crippen LogP contribution is 2.44. The van der Waals surface area contributed by atoms with Gasteiger partial charge in [0.2, 0.25) is 0 Å². The Balaban J connectivity index is 1.23. The zero-order valence-corrected chi connectivity index (χ0v) is 21.7. The molecule has 192 valence electrons. The average molecular weight is 510 g/mol. The fourth-order valence-electron chi connectivity index (χ4n) is 4.66. The summed E-state index contributed by atoms with van der Waals surface area (Å²) in [6, 6.07) is 13.7. The number of ether oxygens (including phenoxy) is 1. The van der Waals surface area contributed by atoms with Gasteiger partial charge in [-0.1, -0.05) is 6.07 Å². The number of carbonyl (C=O) groups is 1. The lowest BCUT2D eigenvalue weighted by molar-refractivity contribution is 0.102. The van der Waals surface area contributed by atoms with E-state index in [2.05, 4.69) is 23.6 Å². The molecule has 1 aromatic heterocycles. The fourth-order valence-corrected chi connectivity index (χ4v) is 6.19. The third-order valence-corrected chi connectivity index (χ3v) is 9.03. The van der Waals surface area contributed by atoms with E-state index in [0.29, 0.717) is 23.0 Å². The highest BCUT2D eigenvalue weighted by atomic mass is 32.3. The normalized spacial score (nSPS) is 19.6. The van der Waals surface area contributed by atoms with Crippen LogP contribution in [0.1, 0.15) is 60.1 Å².